The number of likely N-dealkylation sites (tertiary alicyclic amines) is 1. The third kappa shape index (κ3) is 4.08. The van der Waals surface area contributed by atoms with E-state index in [1.165, 1.54) is 0 Å². The Morgan fingerprint density at radius 3 is 2.79 bits per heavy atom. The predicted octanol–water partition coefficient (Wildman–Crippen LogP) is 3.70. The maximum atomic E-state index is 13.7. The number of hydrogen-bond donors (Lipinski definition) is 4. The second-order valence-corrected chi connectivity index (χ2v) is 11.1. The van der Waals surface area contributed by atoms with Crippen molar-refractivity contribution in [3.8, 4) is 0 Å². The second-order valence-electron chi connectivity index (χ2n) is 10.7. The van der Waals surface area contributed by atoms with Gasteiger partial charge in [0.15, 0.2) is 12.0 Å². The number of carbonyl (C=O) groups is 2. The monoisotopic (exact) mass is 534 g/mol. The summed E-state index contributed by atoms with van der Waals surface area (Å²) in [5, 5.41) is 14.6. The number of halogens is 1. The normalized spacial score (nSPS) is 25.3. The van der Waals surface area contributed by atoms with Crippen LogP contribution in [0.3, 0.4) is 0 Å². The maximum Gasteiger partial charge on any atom is 0.269 e. The zero-order valence-electron chi connectivity index (χ0n) is 21.5. The van der Waals surface area contributed by atoms with Gasteiger partial charge >= 0.3 is 0 Å². The lowest BCUT2D eigenvalue weighted by molar-refractivity contribution is 0.0320. The average molecular weight is 535 g/mol. The molecule has 5 atom stereocenters. The Kier molecular flexibility index (Phi) is 6.03. The van der Waals surface area contributed by atoms with Gasteiger partial charge in [0.2, 0.25) is 0 Å². The van der Waals surface area contributed by atoms with Crippen LogP contribution in [0, 0.1) is 12.8 Å². The highest BCUT2D eigenvalue weighted by atomic mass is 35.5. The largest absolute Gasteiger partial charge is 0.377 e. The molecule has 1 saturated carbocycles. The number of fused-ring (bicyclic) bond motifs is 3. The highest BCUT2D eigenvalue weighted by Gasteiger charge is 2.50. The van der Waals surface area contributed by atoms with Crippen molar-refractivity contribution < 1.29 is 9.59 Å². The van der Waals surface area contributed by atoms with E-state index in [0.29, 0.717) is 29.1 Å². The first-order valence-corrected chi connectivity index (χ1v) is 13.2. The molecule has 5 N–H and O–H groups in total. The van der Waals surface area contributed by atoms with Crippen molar-refractivity contribution >= 4 is 34.8 Å². The number of aromatic amines is 1. The van der Waals surface area contributed by atoms with E-state index in [0.717, 1.165) is 41.9 Å². The first-order chi connectivity index (χ1) is 18.2. The van der Waals surface area contributed by atoms with Gasteiger partial charge in [0.05, 0.1) is 23.0 Å². The second kappa shape index (κ2) is 9.28. The Balaban J connectivity index is 1.33. The number of pyridine rings is 1. The highest BCUT2D eigenvalue weighted by molar-refractivity contribution is 6.29. The molecule has 3 aliphatic rings. The molecule has 1 unspecified atom stereocenters. The molecule has 2 fully saturated rings. The zero-order valence-corrected chi connectivity index (χ0v) is 22.3. The van der Waals surface area contributed by atoms with Crippen molar-refractivity contribution in [3.63, 3.8) is 0 Å². The Hall–Kier alpha value is -3.63. The topological polar surface area (TPSA) is 132 Å². The summed E-state index contributed by atoms with van der Waals surface area (Å²) in [6.45, 7) is 4.90. The van der Waals surface area contributed by atoms with Gasteiger partial charge in [-0.25, -0.2) is 4.98 Å². The van der Waals surface area contributed by atoms with Crippen molar-refractivity contribution in [2.75, 3.05) is 24.2 Å². The number of nitrogens with one attached hydrogen (secondary N) is 3. The number of benzene rings is 1. The fourth-order valence-corrected chi connectivity index (χ4v) is 6.67. The number of carbonyl (C=O) groups excluding carboxylic acids is 2. The number of aromatic nitrogens is 3. The van der Waals surface area contributed by atoms with E-state index in [2.05, 4.69) is 42.8 Å². The third-order valence-corrected chi connectivity index (χ3v) is 8.41. The van der Waals surface area contributed by atoms with Crippen LogP contribution in [0.5, 0.6) is 0 Å². The van der Waals surface area contributed by atoms with E-state index < -0.39 is 5.91 Å². The molecule has 1 aromatic carbocycles. The number of primary amides is 1. The van der Waals surface area contributed by atoms with E-state index in [1.54, 1.807) is 18.3 Å². The van der Waals surface area contributed by atoms with Crippen LogP contribution in [0.25, 0.3) is 0 Å². The van der Waals surface area contributed by atoms with Crippen LogP contribution in [0.2, 0.25) is 5.15 Å². The number of anilines is 2. The summed E-state index contributed by atoms with van der Waals surface area (Å²) in [5.74, 6) is 0.264. The Morgan fingerprint density at radius 2 is 2.08 bits per heavy atom. The molecule has 2 aliphatic heterocycles. The summed E-state index contributed by atoms with van der Waals surface area (Å²) in [5.41, 5.74) is 10.6. The first kappa shape index (κ1) is 24.7. The van der Waals surface area contributed by atoms with E-state index >= 15 is 0 Å². The quantitative estimate of drug-likeness (QED) is 0.354. The summed E-state index contributed by atoms with van der Waals surface area (Å²) >= 11 is 6.00. The van der Waals surface area contributed by atoms with E-state index in [-0.39, 0.29) is 29.1 Å². The molecule has 0 radical (unpaired) electrons. The minimum Gasteiger partial charge on any atom is -0.377 e. The molecule has 0 spiro atoms. The molecule has 2 aromatic heterocycles. The summed E-state index contributed by atoms with van der Waals surface area (Å²) in [4.78, 5) is 34.0. The average Bonchev–Trinajstić information content (AvgIpc) is 3.64. The number of nitrogens with two attached hydrogens (primary N) is 1. The standard InChI is InChI=1S/C27H31ClN8O2/c1-13-8-16(14(2)31-20-4-5-22(28)32-24(20)25(29)37)23-18(9-13)26(38)35(3)27(33-23)36-12-15-10-17(21(36)11-15)19-6-7-30-34-19/h4-9,14-15,17,21,27,31,33H,10-12H2,1-3H3,(H2,29,37)(H,30,34)/t14-,15+,17+,21+,27?/m1/s1. The van der Waals surface area contributed by atoms with Gasteiger partial charge in [-0.2, -0.15) is 5.10 Å². The van der Waals surface area contributed by atoms with Crippen LogP contribution in [0.1, 0.15) is 69.4 Å². The predicted molar refractivity (Wildman–Crippen MR) is 145 cm³/mol. The zero-order chi connectivity index (χ0) is 26.7. The van der Waals surface area contributed by atoms with Crippen molar-refractivity contribution in [1.82, 2.24) is 25.0 Å². The first-order valence-electron chi connectivity index (χ1n) is 12.9. The summed E-state index contributed by atoms with van der Waals surface area (Å²) < 4.78 is 0. The number of H-pyrrole nitrogens is 1. The van der Waals surface area contributed by atoms with E-state index in [1.807, 2.05) is 31.9 Å². The molecule has 11 heteroatoms. The number of hydrogen-bond acceptors (Lipinski definition) is 7. The molecule has 1 aliphatic carbocycles. The van der Waals surface area contributed by atoms with Crippen LogP contribution in [-0.4, -0.2) is 62.7 Å². The molecular formula is C27H31ClN8O2. The lowest BCUT2D eigenvalue weighted by Crippen LogP contribution is -2.59. The minimum atomic E-state index is -0.667. The van der Waals surface area contributed by atoms with Crippen LogP contribution < -0.4 is 16.4 Å². The Morgan fingerprint density at radius 1 is 1.26 bits per heavy atom. The lowest BCUT2D eigenvalue weighted by Gasteiger charge is -2.46. The van der Waals surface area contributed by atoms with Crippen LogP contribution in [0.15, 0.2) is 36.5 Å². The molecule has 4 heterocycles. The van der Waals surface area contributed by atoms with Gasteiger partial charge in [0, 0.05) is 37.4 Å². The lowest BCUT2D eigenvalue weighted by atomic mass is 9.93. The summed E-state index contributed by atoms with van der Waals surface area (Å²) in [6.07, 6.45) is 3.77. The molecule has 1 saturated heterocycles. The van der Waals surface area contributed by atoms with Gasteiger partial charge in [0.25, 0.3) is 11.8 Å². The molecule has 198 valence electrons. The number of rotatable bonds is 6. The van der Waals surface area contributed by atoms with Crippen LogP contribution in [0.4, 0.5) is 11.4 Å². The highest BCUT2D eigenvalue weighted by Crippen LogP contribution is 2.48. The van der Waals surface area contributed by atoms with Gasteiger partial charge in [0.1, 0.15) is 5.15 Å². The molecule has 2 amide bonds. The Bertz CT molecular complexity index is 1410. The van der Waals surface area contributed by atoms with E-state index in [9.17, 15) is 9.59 Å². The van der Waals surface area contributed by atoms with Crippen molar-refractivity contribution in [2.45, 2.75) is 51.0 Å². The minimum absolute atomic E-state index is 0.0206. The van der Waals surface area contributed by atoms with Crippen molar-refractivity contribution in [1.29, 1.82) is 0 Å². The smallest absolute Gasteiger partial charge is 0.269 e. The fourth-order valence-electron chi connectivity index (χ4n) is 6.52. The van der Waals surface area contributed by atoms with Gasteiger partial charge in [-0.3, -0.25) is 19.6 Å². The SMILES string of the molecule is Cc1cc2c(c([C@@H](C)Nc3ccc(Cl)nc3C(N)=O)c1)NC(N1C[C@H]3C[C@@H](c4ccn[nH]4)[C@@H]1C3)N(C)C2=O. The molecule has 6 rings (SSSR count). The van der Waals surface area contributed by atoms with E-state index in [4.69, 9.17) is 17.3 Å². The third-order valence-electron chi connectivity index (χ3n) is 8.19. The number of nitrogens with zero attached hydrogens (tertiary/aromatic N) is 4. The van der Waals surface area contributed by atoms with Gasteiger partial charge < -0.3 is 21.3 Å². The van der Waals surface area contributed by atoms with Gasteiger partial charge in [-0.05, 0) is 68.0 Å². The summed E-state index contributed by atoms with van der Waals surface area (Å²) in [7, 11) is 1.86. The van der Waals surface area contributed by atoms with Crippen molar-refractivity contribution in [3.05, 3.63) is 69.8 Å². The molecule has 10 nitrogen and oxygen atoms in total. The van der Waals surface area contributed by atoms with Crippen molar-refractivity contribution in [2.24, 2.45) is 11.7 Å². The fraction of sp³-hybridized carbons (Fsp3) is 0.407. The number of amides is 2. The van der Waals surface area contributed by atoms with Crippen LogP contribution >= 0.6 is 11.6 Å². The molecule has 2 bridgehead atoms. The van der Waals surface area contributed by atoms with Gasteiger partial charge in [-0.1, -0.05) is 17.7 Å². The van der Waals surface area contributed by atoms with Gasteiger partial charge in [-0.15, -0.1) is 0 Å². The molecule has 3 aromatic rings. The molecule has 38 heavy (non-hydrogen) atoms. The molecular weight excluding hydrogens is 504 g/mol. The Labute approximate surface area is 225 Å². The summed E-state index contributed by atoms with van der Waals surface area (Å²) in [6, 6.07) is 9.41. The number of aryl methyl sites for hydroxylation is 1. The number of piperidine rings is 1. The van der Waals surface area contributed by atoms with Crippen LogP contribution in [-0.2, 0) is 0 Å². The maximum absolute atomic E-state index is 13.7.